The monoisotopic (exact) mass is 421 g/mol. The summed E-state index contributed by atoms with van der Waals surface area (Å²) >= 11 is 0. The van der Waals surface area contributed by atoms with Crippen molar-refractivity contribution in [2.45, 2.75) is 46.1 Å². The number of amides is 1. The molecule has 7 nitrogen and oxygen atoms in total. The summed E-state index contributed by atoms with van der Waals surface area (Å²) < 4.78 is 7.18. The Labute approximate surface area is 183 Å². The Kier molecular flexibility index (Phi) is 6.11. The molecule has 1 amide bonds. The molecule has 1 N–H and O–H groups in total. The maximum absolute atomic E-state index is 12.5. The molecule has 1 aromatic carbocycles. The summed E-state index contributed by atoms with van der Waals surface area (Å²) in [6, 6.07) is 12.2. The van der Waals surface area contributed by atoms with Crippen LogP contribution in [0.2, 0.25) is 0 Å². The number of rotatable bonds is 6. The summed E-state index contributed by atoms with van der Waals surface area (Å²) in [5.41, 5.74) is 3.69. The van der Waals surface area contributed by atoms with Gasteiger partial charge in [-0.15, -0.1) is 0 Å². The zero-order chi connectivity index (χ0) is 22.0. The topological polar surface area (TPSA) is 71.8 Å². The van der Waals surface area contributed by atoms with Gasteiger partial charge in [-0.05, 0) is 57.4 Å². The number of piperidine rings is 1. The average Bonchev–Trinajstić information content (AvgIpc) is 3.22. The second-order valence-electron chi connectivity index (χ2n) is 8.36. The highest BCUT2D eigenvalue weighted by molar-refractivity contribution is 5.79. The van der Waals surface area contributed by atoms with Crippen LogP contribution in [0, 0.1) is 12.8 Å². The van der Waals surface area contributed by atoms with Crippen molar-refractivity contribution in [1.82, 2.24) is 19.9 Å². The van der Waals surface area contributed by atoms with Gasteiger partial charge in [0.1, 0.15) is 11.6 Å². The quantitative estimate of drug-likeness (QED) is 0.655. The predicted octanol–water partition coefficient (Wildman–Crippen LogP) is 3.84. The summed E-state index contributed by atoms with van der Waals surface area (Å²) in [6.45, 7) is 7.82. The van der Waals surface area contributed by atoms with Crippen LogP contribution in [-0.2, 0) is 4.79 Å². The predicted molar refractivity (Wildman–Crippen MR) is 123 cm³/mol. The number of hydrogen-bond acceptors (Lipinski definition) is 5. The molecule has 2 aromatic heterocycles. The zero-order valence-corrected chi connectivity index (χ0v) is 18.8. The molecule has 7 heteroatoms. The van der Waals surface area contributed by atoms with E-state index in [1.54, 1.807) is 7.11 Å². The highest BCUT2D eigenvalue weighted by Gasteiger charge is 2.27. The molecular weight excluding hydrogens is 390 g/mol. The molecule has 1 fully saturated rings. The minimum Gasteiger partial charge on any atom is -0.497 e. The van der Waals surface area contributed by atoms with Gasteiger partial charge in [0.15, 0.2) is 5.65 Å². The molecule has 4 rings (SSSR count). The Balaban J connectivity index is 1.55. The largest absolute Gasteiger partial charge is 0.497 e. The van der Waals surface area contributed by atoms with Crippen LogP contribution in [0.4, 0.5) is 5.82 Å². The van der Waals surface area contributed by atoms with E-state index in [0.29, 0.717) is 0 Å². The third-order valence-electron chi connectivity index (χ3n) is 6.11. The first-order valence-corrected chi connectivity index (χ1v) is 11.1. The van der Waals surface area contributed by atoms with Gasteiger partial charge in [0.2, 0.25) is 5.91 Å². The highest BCUT2D eigenvalue weighted by atomic mass is 16.5. The number of hydrogen-bond donors (Lipinski definition) is 1. The average molecular weight is 422 g/mol. The van der Waals surface area contributed by atoms with E-state index < -0.39 is 0 Å². The van der Waals surface area contributed by atoms with Gasteiger partial charge >= 0.3 is 0 Å². The lowest BCUT2D eigenvalue weighted by Gasteiger charge is -2.33. The van der Waals surface area contributed by atoms with Gasteiger partial charge in [0.25, 0.3) is 0 Å². The van der Waals surface area contributed by atoms with Crippen molar-refractivity contribution in [2.75, 3.05) is 25.1 Å². The van der Waals surface area contributed by atoms with E-state index in [-0.39, 0.29) is 17.9 Å². The number of nitrogens with zero attached hydrogens (tertiary/aromatic N) is 4. The molecule has 0 spiro atoms. The molecule has 3 heterocycles. The lowest BCUT2D eigenvalue weighted by molar-refractivity contribution is -0.126. The first kappa shape index (κ1) is 21.2. The van der Waals surface area contributed by atoms with E-state index in [2.05, 4.69) is 35.1 Å². The van der Waals surface area contributed by atoms with Crippen LogP contribution in [0.25, 0.3) is 16.9 Å². The molecule has 164 valence electrons. The standard InChI is InChI=1S/C24H31N5O2/c1-5-16(2)26-24(30)19-10-12-28(13-11-19)23-14-17(3)25-22-15-21(27-29(22)23)18-6-8-20(31-4)9-7-18/h6-9,14-16,19H,5,10-13H2,1-4H3,(H,26,30)/t16-/m1/s1. The van der Waals surface area contributed by atoms with Gasteiger partial charge in [-0.1, -0.05) is 6.92 Å². The SMILES string of the molecule is CC[C@@H](C)NC(=O)C1CCN(c2cc(C)nc3cc(-c4ccc(OC)cc4)nn23)CC1. The van der Waals surface area contributed by atoms with Crippen molar-refractivity contribution in [2.24, 2.45) is 5.92 Å². The fraction of sp³-hybridized carbons (Fsp3) is 0.458. The minimum absolute atomic E-state index is 0.0798. The van der Waals surface area contributed by atoms with E-state index in [9.17, 15) is 4.79 Å². The fourth-order valence-corrected chi connectivity index (χ4v) is 4.04. The summed E-state index contributed by atoms with van der Waals surface area (Å²) in [7, 11) is 1.66. The molecule has 1 saturated heterocycles. The van der Waals surface area contributed by atoms with E-state index in [4.69, 9.17) is 9.84 Å². The number of ether oxygens (including phenoxy) is 1. The van der Waals surface area contributed by atoms with Crippen molar-refractivity contribution in [3.8, 4) is 17.0 Å². The Morgan fingerprint density at radius 1 is 1.23 bits per heavy atom. The number of aryl methyl sites for hydroxylation is 1. The molecule has 1 atom stereocenters. The van der Waals surface area contributed by atoms with Crippen LogP contribution < -0.4 is 15.0 Å². The Bertz CT molecular complexity index is 1050. The number of nitrogens with one attached hydrogen (secondary N) is 1. The summed E-state index contributed by atoms with van der Waals surface area (Å²) in [6.07, 6.45) is 2.64. The third kappa shape index (κ3) is 4.50. The lowest BCUT2D eigenvalue weighted by Crippen LogP contribution is -2.43. The zero-order valence-electron chi connectivity index (χ0n) is 18.8. The Morgan fingerprint density at radius 3 is 2.58 bits per heavy atom. The number of aromatic nitrogens is 3. The van der Waals surface area contributed by atoms with E-state index in [1.165, 1.54) is 0 Å². The van der Waals surface area contributed by atoms with Crippen LogP contribution in [0.15, 0.2) is 36.4 Å². The first-order chi connectivity index (χ1) is 15.0. The third-order valence-corrected chi connectivity index (χ3v) is 6.11. The van der Waals surface area contributed by atoms with Crippen LogP contribution in [0.1, 0.15) is 38.8 Å². The summed E-state index contributed by atoms with van der Waals surface area (Å²) in [4.78, 5) is 19.5. The van der Waals surface area contributed by atoms with Gasteiger partial charge in [0.05, 0.1) is 12.8 Å². The number of methoxy groups -OCH3 is 1. The van der Waals surface area contributed by atoms with Crippen LogP contribution in [-0.4, -0.2) is 46.7 Å². The second kappa shape index (κ2) is 8.96. The van der Waals surface area contributed by atoms with Crippen molar-refractivity contribution in [3.63, 3.8) is 0 Å². The van der Waals surface area contributed by atoms with Crippen molar-refractivity contribution in [3.05, 3.63) is 42.1 Å². The molecular formula is C24H31N5O2. The number of anilines is 1. The van der Waals surface area contributed by atoms with Gasteiger partial charge < -0.3 is 15.0 Å². The Hall–Kier alpha value is -3.09. The van der Waals surface area contributed by atoms with Crippen molar-refractivity contribution in [1.29, 1.82) is 0 Å². The van der Waals surface area contributed by atoms with Crippen LogP contribution >= 0.6 is 0 Å². The normalized spacial score (nSPS) is 15.8. The summed E-state index contributed by atoms with van der Waals surface area (Å²) in [5, 5.41) is 7.98. The van der Waals surface area contributed by atoms with Gasteiger partial charge in [0, 0.05) is 48.4 Å². The van der Waals surface area contributed by atoms with E-state index >= 15 is 0 Å². The molecule has 31 heavy (non-hydrogen) atoms. The lowest BCUT2D eigenvalue weighted by atomic mass is 9.95. The second-order valence-corrected chi connectivity index (χ2v) is 8.36. The van der Waals surface area contributed by atoms with Crippen LogP contribution in [0.3, 0.4) is 0 Å². The van der Waals surface area contributed by atoms with Gasteiger partial charge in [-0.25, -0.2) is 4.98 Å². The molecule has 1 aliphatic heterocycles. The van der Waals surface area contributed by atoms with Crippen LogP contribution in [0.5, 0.6) is 5.75 Å². The molecule has 0 bridgehead atoms. The van der Waals surface area contributed by atoms with Gasteiger partial charge in [-0.2, -0.15) is 9.61 Å². The number of carbonyl (C=O) groups is 1. The van der Waals surface area contributed by atoms with E-state index in [1.807, 2.05) is 41.8 Å². The molecule has 0 saturated carbocycles. The molecule has 0 aliphatic carbocycles. The van der Waals surface area contributed by atoms with Crippen molar-refractivity contribution < 1.29 is 9.53 Å². The number of fused-ring (bicyclic) bond motifs is 1. The van der Waals surface area contributed by atoms with E-state index in [0.717, 1.165) is 66.5 Å². The maximum atomic E-state index is 12.5. The highest BCUT2D eigenvalue weighted by Crippen LogP contribution is 2.28. The first-order valence-electron chi connectivity index (χ1n) is 11.1. The molecule has 0 radical (unpaired) electrons. The molecule has 3 aromatic rings. The van der Waals surface area contributed by atoms with Gasteiger partial charge in [-0.3, -0.25) is 4.79 Å². The molecule has 0 unspecified atom stereocenters. The Morgan fingerprint density at radius 2 is 1.94 bits per heavy atom. The number of carbonyl (C=O) groups excluding carboxylic acids is 1. The molecule has 1 aliphatic rings. The minimum atomic E-state index is 0.0798. The number of benzene rings is 1. The fourth-order valence-electron chi connectivity index (χ4n) is 4.04. The summed E-state index contributed by atoms with van der Waals surface area (Å²) in [5.74, 6) is 2.12. The van der Waals surface area contributed by atoms with Crippen molar-refractivity contribution >= 4 is 17.4 Å². The maximum Gasteiger partial charge on any atom is 0.223 e. The smallest absolute Gasteiger partial charge is 0.223 e.